The monoisotopic (exact) mass is 156 g/mol. The third-order valence-corrected chi connectivity index (χ3v) is 0.272. The molecule has 0 atom stereocenters. The van der Waals surface area contributed by atoms with Crippen molar-refractivity contribution in [2.45, 2.75) is 13.8 Å². The van der Waals surface area contributed by atoms with Gasteiger partial charge in [-0.25, -0.2) is 0 Å². The average Bonchev–Trinajstić information content (AvgIpc) is 1.65. The molecule has 0 amide bonds. The summed E-state index contributed by atoms with van der Waals surface area (Å²) < 4.78 is 0. The zero-order valence-corrected chi connectivity index (χ0v) is 8.33. The maximum Gasteiger partial charge on any atom is 1.00 e. The molecule has 0 aromatic rings. The van der Waals surface area contributed by atoms with Gasteiger partial charge in [0.15, 0.2) is 0 Å². The quantitative estimate of drug-likeness (QED) is 0.319. The van der Waals surface area contributed by atoms with Gasteiger partial charge in [-0.1, -0.05) is 13.8 Å². The number of rotatable bonds is 1. The molecular weight excluding hydrogens is 147 g/mol. The molecular formula is C5H9NaO4. The van der Waals surface area contributed by atoms with E-state index in [0.717, 1.165) is 6.29 Å². The van der Waals surface area contributed by atoms with E-state index >= 15 is 0 Å². The molecule has 1 N–H and O–H groups in total. The molecule has 0 saturated heterocycles. The zero-order valence-electron chi connectivity index (χ0n) is 6.33. The van der Waals surface area contributed by atoms with E-state index in [1.807, 2.05) is 13.8 Å². The Hall–Kier alpha value is -0.0600. The standard InChI is InChI=1S/C4H8O.CH2O3.Na/c1-4(2)3-5;2-1(3)4;/h3-4H,1-2H3;(H2,2,3,4);/q;;+1/p-1. The Balaban J connectivity index is -0.0000000910. The van der Waals surface area contributed by atoms with Crippen molar-refractivity contribution in [3.05, 3.63) is 0 Å². The van der Waals surface area contributed by atoms with Crippen LogP contribution in [0.3, 0.4) is 0 Å². The Kier molecular flexibility index (Phi) is 19.3. The van der Waals surface area contributed by atoms with E-state index in [1.54, 1.807) is 0 Å². The zero-order chi connectivity index (χ0) is 7.86. The summed E-state index contributed by atoms with van der Waals surface area (Å²) in [5.74, 6) is 0.204. The number of carbonyl (C=O) groups excluding carboxylic acids is 1. The minimum absolute atomic E-state index is 0. The summed E-state index contributed by atoms with van der Waals surface area (Å²) >= 11 is 0. The largest absolute Gasteiger partial charge is 1.00 e. The molecule has 0 saturated carbocycles. The number of carboxylic acid groups (broad SMARTS) is 2. The van der Waals surface area contributed by atoms with E-state index in [1.165, 1.54) is 0 Å². The molecule has 0 unspecified atom stereocenters. The van der Waals surface area contributed by atoms with Gasteiger partial charge in [-0.05, 0) is 0 Å². The van der Waals surface area contributed by atoms with E-state index in [0.29, 0.717) is 0 Å². The van der Waals surface area contributed by atoms with Gasteiger partial charge in [-0.2, -0.15) is 0 Å². The van der Waals surface area contributed by atoms with Gasteiger partial charge in [0.1, 0.15) is 6.29 Å². The second kappa shape index (κ2) is 11.7. The fraction of sp³-hybridized carbons (Fsp3) is 0.600. The van der Waals surface area contributed by atoms with Crippen LogP contribution in [0.25, 0.3) is 0 Å². The molecule has 54 valence electrons. The summed E-state index contributed by atoms with van der Waals surface area (Å²) in [6, 6.07) is 0. The summed E-state index contributed by atoms with van der Waals surface area (Å²) in [5.41, 5.74) is 0. The van der Waals surface area contributed by atoms with Crippen molar-refractivity contribution < 1.29 is 49.4 Å². The Bertz CT molecular complexity index is 87.6. The minimum atomic E-state index is -2.08. The first kappa shape index (κ1) is 16.5. The van der Waals surface area contributed by atoms with Gasteiger partial charge in [-0.15, -0.1) is 0 Å². The number of hydrogen-bond acceptors (Lipinski definition) is 3. The number of carbonyl (C=O) groups is 2. The molecule has 0 aromatic heterocycles. The Morgan fingerprint density at radius 2 is 1.70 bits per heavy atom. The van der Waals surface area contributed by atoms with Crippen molar-refractivity contribution in [1.82, 2.24) is 0 Å². The molecule has 0 aliphatic heterocycles. The van der Waals surface area contributed by atoms with E-state index in [4.69, 9.17) is 15.0 Å². The molecule has 0 aromatic carbocycles. The van der Waals surface area contributed by atoms with Crippen LogP contribution in [-0.4, -0.2) is 17.5 Å². The molecule has 0 aliphatic rings. The van der Waals surface area contributed by atoms with Crippen molar-refractivity contribution in [2.75, 3.05) is 0 Å². The molecule has 0 radical (unpaired) electrons. The first-order valence-electron chi connectivity index (χ1n) is 2.36. The van der Waals surface area contributed by atoms with Gasteiger partial charge in [0.05, 0.1) is 0 Å². The Morgan fingerprint density at radius 1 is 1.60 bits per heavy atom. The minimum Gasteiger partial charge on any atom is -0.565 e. The predicted molar refractivity (Wildman–Crippen MR) is 28.9 cm³/mol. The molecule has 4 nitrogen and oxygen atoms in total. The van der Waals surface area contributed by atoms with Crippen molar-refractivity contribution in [2.24, 2.45) is 5.92 Å². The van der Waals surface area contributed by atoms with E-state index in [9.17, 15) is 4.79 Å². The van der Waals surface area contributed by atoms with E-state index in [2.05, 4.69) is 0 Å². The predicted octanol–water partition coefficient (Wildman–Crippen LogP) is -3.27. The maximum atomic E-state index is 9.50. The normalized spacial score (nSPS) is 6.70. The first-order valence-corrected chi connectivity index (χ1v) is 2.36. The smallest absolute Gasteiger partial charge is 0.565 e. The average molecular weight is 156 g/mol. The number of aldehydes is 1. The number of hydrogen-bond donors (Lipinski definition) is 1. The first-order chi connectivity index (χ1) is 4.00. The van der Waals surface area contributed by atoms with Gasteiger partial charge < -0.3 is 19.8 Å². The van der Waals surface area contributed by atoms with Crippen LogP contribution in [0.4, 0.5) is 4.79 Å². The molecule has 10 heavy (non-hydrogen) atoms. The van der Waals surface area contributed by atoms with Gasteiger partial charge in [0.25, 0.3) is 0 Å². The summed E-state index contributed by atoms with van der Waals surface area (Å²) in [7, 11) is 0. The van der Waals surface area contributed by atoms with Crippen LogP contribution in [-0.2, 0) is 4.79 Å². The van der Waals surface area contributed by atoms with Crippen LogP contribution >= 0.6 is 0 Å². The third kappa shape index (κ3) is 102. The summed E-state index contributed by atoms with van der Waals surface area (Å²) in [4.78, 5) is 17.9. The van der Waals surface area contributed by atoms with Crippen LogP contribution in [0.2, 0.25) is 0 Å². The van der Waals surface area contributed by atoms with Crippen molar-refractivity contribution >= 4 is 12.4 Å². The van der Waals surface area contributed by atoms with Gasteiger partial charge in [0.2, 0.25) is 6.16 Å². The summed E-state index contributed by atoms with van der Waals surface area (Å²) in [5, 5.41) is 15.3. The van der Waals surface area contributed by atoms with E-state index in [-0.39, 0.29) is 35.5 Å². The van der Waals surface area contributed by atoms with Gasteiger partial charge >= 0.3 is 29.6 Å². The molecule has 5 heteroatoms. The van der Waals surface area contributed by atoms with Crippen molar-refractivity contribution in [3.8, 4) is 0 Å². The van der Waals surface area contributed by atoms with Crippen molar-refractivity contribution in [1.29, 1.82) is 0 Å². The molecule has 0 fully saturated rings. The Morgan fingerprint density at radius 3 is 1.70 bits per heavy atom. The maximum absolute atomic E-state index is 9.50. The topological polar surface area (TPSA) is 77.4 Å². The van der Waals surface area contributed by atoms with Crippen LogP contribution in [0.1, 0.15) is 13.8 Å². The van der Waals surface area contributed by atoms with E-state index < -0.39 is 6.16 Å². The summed E-state index contributed by atoms with van der Waals surface area (Å²) in [6.45, 7) is 3.71. The van der Waals surface area contributed by atoms with Gasteiger partial charge in [-0.3, -0.25) is 0 Å². The van der Waals surface area contributed by atoms with Crippen LogP contribution < -0.4 is 34.7 Å². The fourth-order valence-corrected chi connectivity index (χ4v) is 0. The van der Waals surface area contributed by atoms with Crippen LogP contribution in [0, 0.1) is 5.92 Å². The van der Waals surface area contributed by atoms with Crippen molar-refractivity contribution in [3.63, 3.8) is 0 Å². The second-order valence-electron chi connectivity index (χ2n) is 1.65. The van der Waals surface area contributed by atoms with Gasteiger partial charge in [0, 0.05) is 5.92 Å². The summed E-state index contributed by atoms with van der Waals surface area (Å²) in [6.07, 6.45) is -1.17. The third-order valence-electron chi connectivity index (χ3n) is 0.272. The van der Waals surface area contributed by atoms with Crippen LogP contribution in [0.5, 0.6) is 0 Å². The molecule has 0 aliphatic carbocycles. The Labute approximate surface area is 81.5 Å². The molecule has 0 heterocycles. The SMILES string of the molecule is CC(C)C=O.O=C([O-])O.[Na+]. The second-order valence-corrected chi connectivity index (χ2v) is 1.65. The van der Waals surface area contributed by atoms with Crippen LogP contribution in [0.15, 0.2) is 0 Å². The molecule has 0 spiro atoms. The molecule has 0 rings (SSSR count). The fourth-order valence-electron chi connectivity index (χ4n) is 0. The molecule has 0 bridgehead atoms.